The minimum absolute atomic E-state index is 0.0875. The maximum Gasteiger partial charge on any atom is 0.414 e. The summed E-state index contributed by atoms with van der Waals surface area (Å²) in [4.78, 5) is 28.7. The third kappa shape index (κ3) is 2.93. The van der Waals surface area contributed by atoms with Gasteiger partial charge in [-0.15, -0.1) is 0 Å². The van der Waals surface area contributed by atoms with Crippen molar-refractivity contribution in [1.82, 2.24) is 9.97 Å². The van der Waals surface area contributed by atoms with Crippen LogP contribution in [0.5, 0.6) is 0 Å². The largest absolute Gasteiger partial charge is 0.449 e. The number of ether oxygens (including phenoxy) is 1. The van der Waals surface area contributed by atoms with E-state index in [2.05, 4.69) is 30.1 Å². The second-order valence-corrected chi connectivity index (χ2v) is 8.27. The molecule has 0 bridgehead atoms. The van der Waals surface area contributed by atoms with Gasteiger partial charge >= 0.3 is 6.09 Å². The summed E-state index contributed by atoms with van der Waals surface area (Å²) in [6, 6.07) is 6.28. The number of amides is 1. The van der Waals surface area contributed by atoms with Crippen LogP contribution in [0.2, 0.25) is 0 Å². The monoisotopic (exact) mass is 390 g/mol. The molecule has 2 aliphatic heterocycles. The number of carbonyl (C=O) groups is 1. The van der Waals surface area contributed by atoms with Crippen LogP contribution in [0.1, 0.15) is 55.3 Å². The number of aromatic nitrogens is 2. The molecule has 6 nitrogen and oxygen atoms in total. The molecule has 0 aromatic carbocycles. The minimum Gasteiger partial charge on any atom is -0.449 e. The Morgan fingerprint density at radius 1 is 1.24 bits per heavy atom. The fourth-order valence-electron chi connectivity index (χ4n) is 4.76. The minimum atomic E-state index is -0.279. The molecule has 1 amide bonds. The van der Waals surface area contributed by atoms with Gasteiger partial charge in [0.05, 0.1) is 40.5 Å². The van der Waals surface area contributed by atoms with Crippen LogP contribution in [-0.2, 0) is 23.0 Å². The van der Waals surface area contributed by atoms with E-state index in [0.717, 1.165) is 66.1 Å². The van der Waals surface area contributed by atoms with Gasteiger partial charge in [0.25, 0.3) is 0 Å². The Labute approximate surface area is 171 Å². The van der Waals surface area contributed by atoms with Crippen molar-refractivity contribution in [3.63, 3.8) is 0 Å². The Kier molecular flexibility index (Phi) is 4.37. The van der Waals surface area contributed by atoms with E-state index in [4.69, 9.17) is 14.7 Å². The molecule has 29 heavy (non-hydrogen) atoms. The number of hydrogen-bond acceptors (Lipinski definition) is 5. The quantitative estimate of drug-likeness (QED) is 0.777. The molecular formula is C23H26N4O2. The summed E-state index contributed by atoms with van der Waals surface area (Å²) in [5.41, 5.74) is 7.32. The SMILES string of the molecule is CCOC(=O)N1CCCc2nc(C3(C4=Nc5cc(C)cnc5C4)CCC3)ccc21. The lowest BCUT2D eigenvalue weighted by Gasteiger charge is -2.42. The van der Waals surface area contributed by atoms with Gasteiger partial charge in [0.15, 0.2) is 0 Å². The molecule has 0 saturated heterocycles. The van der Waals surface area contributed by atoms with Crippen molar-refractivity contribution in [1.29, 1.82) is 0 Å². The predicted octanol–water partition coefficient (Wildman–Crippen LogP) is 4.44. The number of fused-ring (bicyclic) bond motifs is 2. The second-order valence-electron chi connectivity index (χ2n) is 8.27. The van der Waals surface area contributed by atoms with Gasteiger partial charge in [0.1, 0.15) is 0 Å². The number of anilines is 1. The number of hydrogen-bond donors (Lipinski definition) is 0. The van der Waals surface area contributed by atoms with Crippen molar-refractivity contribution < 1.29 is 9.53 Å². The van der Waals surface area contributed by atoms with E-state index in [-0.39, 0.29) is 11.5 Å². The van der Waals surface area contributed by atoms with Crippen molar-refractivity contribution in [3.8, 4) is 0 Å². The van der Waals surface area contributed by atoms with E-state index < -0.39 is 0 Å². The number of aryl methyl sites for hydroxylation is 2. The van der Waals surface area contributed by atoms with Crippen LogP contribution in [0, 0.1) is 6.92 Å². The first-order valence-corrected chi connectivity index (χ1v) is 10.6. The molecule has 2 aromatic heterocycles. The first-order valence-electron chi connectivity index (χ1n) is 10.6. The number of aliphatic imine (C=N–C) groups is 1. The van der Waals surface area contributed by atoms with Crippen LogP contribution in [0.3, 0.4) is 0 Å². The average molecular weight is 390 g/mol. The van der Waals surface area contributed by atoms with Crippen molar-refractivity contribution in [2.45, 2.75) is 57.8 Å². The van der Waals surface area contributed by atoms with Crippen LogP contribution in [0.4, 0.5) is 16.2 Å². The van der Waals surface area contributed by atoms with E-state index in [9.17, 15) is 4.79 Å². The molecule has 0 unspecified atom stereocenters. The smallest absolute Gasteiger partial charge is 0.414 e. The maximum atomic E-state index is 12.3. The first-order chi connectivity index (χ1) is 14.1. The lowest BCUT2D eigenvalue weighted by atomic mass is 9.62. The highest BCUT2D eigenvalue weighted by Crippen LogP contribution is 2.48. The van der Waals surface area contributed by atoms with Gasteiger partial charge in [-0.05, 0) is 63.3 Å². The second kappa shape index (κ2) is 6.94. The fraction of sp³-hybridized carbons (Fsp3) is 0.478. The zero-order chi connectivity index (χ0) is 20.0. The zero-order valence-electron chi connectivity index (χ0n) is 17.1. The number of rotatable bonds is 3. The van der Waals surface area contributed by atoms with Crippen LogP contribution in [0.15, 0.2) is 29.4 Å². The van der Waals surface area contributed by atoms with Gasteiger partial charge in [-0.2, -0.15) is 0 Å². The number of carbonyl (C=O) groups excluding carboxylic acids is 1. The topological polar surface area (TPSA) is 67.7 Å². The Bertz CT molecular complexity index is 1010. The van der Waals surface area contributed by atoms with E-state index >= 15 is 0 Å². The highest BCUT2D eigenvalue weighted by atomic mass is 16.6. The summed E-state index contributed by atoms with van der Waals surface area (Å²) in [6.45, 7) is 4.96. The Hall–Kier alpha value is -2.76. The molecule has 4 heterocycles. The molecule has 6 heteroatoms. The van der Waals surface area contributed by atoms with Crippen LogP contribution in [-0.4, -0.2) is 34.9 Å². The van der Waals surface area contributed by atoms with E-state index in [1.807, 2.05) is 13.1 Å². The highest BCUT2D eigenvalue weighted by Gasteiger charge is 2.46. The van der Waals surface area contributed by atoms with Crippen LogP contribution in [0.25, 0.3) is 0 Å². The van der Waals surface area contributed by atoms with E-state index in [1.54, 1.807) is 4.90 Å². The third-order valence-corrected chi connectivity index (χ3v) is 6.45. The van der Waals surface area contributed by atoms with Crippen LogP contribution >= 0.6 is 0 Å². The van der Waals surface area contributed by atoms with Gasteiger partial charge in [0.2, 0.25) is 0 Å². The Morgan fingerprint density at radius 3 is 2.86 bits per heavy atom. The molecule has 0 radical (unpaired) electrons. The molecule has 2 aromatic rings. The molecule has 1 aliphatic carbocycles. The lowest BCUT2D eigenvalue weighted by Crippen LogP contribution is -2.44. The van der Waals surface area contributed by atoms with Crippen molar-refractivity contribution in [2.75, 3.05) is 18.1 Å². The summed E-state index contributed by atoms with van der Waals surface area (Å²) >= 11 is 0. The summed E-state index contributed by atoms with van der Waals surface area (Å²) in [5, 5.41) is 0. The molecule has 3 aliphatic rings. The summed E-state index contributed by atoms with van der Waals surface area (Å²) in [7, 11) is 0. The normalized spacial score (nSPS) is 19.1. The summed E-state index contributed by atoms with van der Waals surface area (Å²) < 4.78 is 5.23. The van der Waals surface area contributed by atoms with Gasteiger partial charge in [0, 0.05) is 24.9 Å². The molecular weight excluding hydrogens is 364 g/mol. The van der Waals surface area contributed by atoms with Gasteiger partial charge < -0.3 is 4.74 Å². The van der Waals surface area contributed by atoms with Crippen LogP contribution < -0.4 is 4.90 Å². The number of pyridine rings is 2. The van der Waals surface area contributed by atoms with E-state index in [0.29, 0.717) is 13.2 Å². The lowest BCUT2D eigenvalue weighted by molar-refractivity contribution is 0.159. The zero-order valence-corrected chi connectivity index (χ0v) is 17.1. The molecule has 0 spiro atoms. The maximum absolute atomic E-state index is 12.3. The summed E-state index contributed by atoms with van der Waals surface area (Å²) in [6.07, 6.45) is 7.59. The number of nitrogens with zero attached hydrogens (tertiary/aromatic N) is 4. The molecule has 0 N–H and O–H groups in total. The first kappa shape index (κ1) is 18.3. The predicted molar refractivity (Wildman–Crippen MR) is 112 cm³/mol. The average Bonchev–Trinajstić information content (AvgIpc) is 3.09. The van der Waals surface area contributed by atoms with Crippen molar-refractivity contribution in [2.24, 2.45) is 4.99 Å². The molecule has 1 saturated carbocycles. The molecule has 0 atom stereocenters. The Balaban J connectivity index is 1.49. The molecule has 1 fully saturated rings. The highest BCUT2D eigenvalue weighted by molar-refractivity contribution is 6.02. The molecule has 5 rings (SSSR count). The molecule has 150 valence electrons. The van der Waals surface area contributed by atoms with Crippen molar-refractivity contribution in [3.05, 3.63) is 47.0 Å². The standard InChI is InChI=1S/C23H26N4O2/c1-3-29-22(28)27-11-4-6-16-19(27)7-8-20(25-16)23(9-5-10-23)21-13-17-18(26-21)12-15(2)14-24-17/h7-8,12,14H,3-6,9-11,13H2,1-2H3. The van der Waals surface area contributed by atoms with Gasteiger partial charge in [-0.3, -0.25) is 19.9 Å². The Morgan fingerprint density at radius 2 is 2.10 bits per heavy atom. The van der Waals surface area contributed by atoms with Crippen molar-refractivity contribution >= 4 is 23.2 Å². The van der Waals surface area contributed by atoms with Gasteiger partial charge in [-0.25, -0.2) is 4.79 Å². The fourth-order valence-corrected chi connectivity index (χ4v) is 4.76. The van der Waals surface area contributed by atoms with E-state index in [1.165, 1.54) is 12.1 Å². The third-order valence-electron chi connectivity index (χ3n) is 6.45. The summed E-state index contributed by atoms with van der Waals surface area (Å²) in [5.74, 6) is 0. The van der Waals surface area contributed by atoms with Gasteiger partial charge in [-0.1, -0.05) is 6.42 Å².